The number of nitriles is 1. The summed E-state index contributed by atoms with van der Waals surface area (Å²) in [5.41, 5.74) is 2.81. The van der Waals surface area contributed by atoms with Gasteiger partial charge in [-0.05, 0) is 63.1 Å². The lowest BCUT2D eigenvalue weighted by molar-refractivity contribution is -0.158. The average molecular weight is 607 g/mol. The van der Waals surface area contributed by atoms with Crippen LogP contribution in [0.3, 0.4) is 0 Å². The second-order valence-electron chi connectivity index (χ2n) is 11.9. The summed E-state index contributed by atoms with van der Waals surface area (Å²) >= 11 is 0. The molecule has 0 bridgehead atoms. The molecule has 2 aromatic carbocycles. The molecule has 0 radical (unpaired) electrons. The maximum atomic E-state index is 12.6. The number of hydrogen-bond acceptors (Lipinski definition) is 9. The van der Waals surface area contributed by atoms with Gasteiger partial charge in [0, 0.05) is 36.2 Å². The molecule has 1 atom stereocenters. The summed E-state index contributed by atoms with van der Waals surface area (Å²) in [5.74, 6) is 0.946. The molecule has 45 heavy (non-hydrogen) atoms. The molecule has 3 heterocycles. The number of rotatable bonds is 11. The van der Waals surface area contributed by atoms with Crippen molar-refractivity contribution in [2.45, 2.75) is 64.6 Å². The minimum atomic E-state index is -0.571. The Kier molecular flexibility index (Phi) is 10.0. The molecule has 1 aliphatic rings. The van der Waals surface area contributed by atoms with Crippen molar-refractivity contribution in [3.05, 3.63) is 94.5 Å². The summed E-state index contributed by atoms with van der Waals surface area (Å²) in [7, 11) is 0. The van der Waals surface area contributed by atoms with Gasteiger partial charge >= 0.3 is 5.97 Å². The van der Waals surface area contributed by atoms with Crippen LogP contribution in [-0.4, -0.2) is 62.0 Å². The lowest BCUT2D eigenvalue weighted by Crippen LogP contribution is -2.50. The molecule has 0 N–H and O–H groups in total. The van der Waals surface area contributed by atoms with E-state index in [0.29, 0.717) is 42.4 Å². The highest BCUT2D eigenvalue weighted by molar-refractivity contribution is 5.69. The highest BCUT2D eigenvalue weighted by Crippen LogP contribution is 2.24. The molecular weight excluding hydrogens is 568 g/mol. The lowest BCUT2D eigenvalue weighted by Gasteiger charge is -2.40. The Labute approximate surface area is 263 Å². The Hall–Kier alpha value is -4.88. The zero-order valence-corrected chi connectivity index (χ0v) is 26.0. The number of benzene rings is 2. The third-order valence-corrected chi connectivity index (χ3v) is 7.75. The normalized spacial score (nSPS) is 15.3. The molecule has 10 heteroatoms. The van der Waals surface area contributed by atoms with Crippen molar-refractivity contribution in [3.8, 4) is 34.5 Å². The van der Waals surface area contributed by atoms with Crippen molar-refractivity contribution in [1.82, 2.24) is 24.6 Å². The number of carbonyl (C=O) groups excluding carboxylic acids is 1. The SMILES string of the molecule is CCC(=O)OC(C)(C)CN1CCCCC1COc1cnc(-c2cccc(Cn3nc(-c4cccc(C#N)c4)ccc3=O)c2)nc1. The van der Waals surface area contributed by atoms with Gasteiger partial charge in [0.25, 0.3) is 5.56 Å². The van der Waals surface area contributed by atoms with Crippen molar-refractivity contribution < 1.29 is 14.3 Å². The standard InChI is InChI=1S/C35H38N6O4/c1-4-33(43)45-35(2,3)24-40-16-6-5-13-29(40)23-44-30-20-37-34(38-21-30)28-12-8-10-26(18-28)22-41-32(42)15-14-31(39-41)27-11-7-9-25(17-27)19-36/h7-12,14-15,17-18,20-21,29H,4-6,13,16,22-24H2,1-3H3. The summed E-state index contributed by atoms with van der Waals surface area (Å²) in [4.78, 5) is 36.0. The summed E-state index contributed by atoms with van der Waals surface area (Å²) < 4.78 is 13.2. The Morgan fingerprint density at radius 3 is 2.60 bits per heavy atom. The van der Waals surface area contributed by atoms with Gasteiger partial charge in [0.1, 0.15) is 12.2 Å². The summed E-state index contributed by atoms with van der Waals surface area (Å²) in [6, 6.07) is 20.3. The second kappa shape index (κ2) is 14.3. The van der Waals surface area contributed by atoms with Gasteiger partial charge in [0.05, 0.1) is 36.3 Å². The summed E-state index contributed by atoms with van der Waals surface area (Å²) in [5, 5.41) is 13.8. The van der Waals surface area contributed by atoms with Crippen molar-refractivity contribution in [2.75, 3.05) is 19.7 Å². The monoisotopic (exact) mass is 606 g/mol. The van der Waals surface area contributed by atoms with Gasteiger partial charge in [-0.1, -0.05) is 43.7 Å². The maximum Gasteiger partial charge on any atom is 0.306 e. The van der Waals surface area contributed by atoms with Crippen LogP contribution in [0, 0.1) is 11.3 Å². The highest BCUT2D eigenvalue weighted by atomic mass is 16.6. The minimum Gasteiger partial charge on any atom is -0.489 e. The van der Waals surface area contributed by atoms with E-state index in [2.05, 4.69) is 26.0 Å². The van der Waals surface area contributed by atoms with Gasteiger partial charge in [-0.2, -0.15) is 10.4 Å². The molecule has 4 aromatic rings. The fourth-order valence-electron chi connectivity index (χ4n) is 5.54. The van der Waals surface area contributed by atoms with E-state index in [1.165, 1.54) is 10.7 Å². The first-order chi connectivity index (χ1) is 21.7. The second-order valence-corrected chi connectivity index (χ2v) is 11.9. The Balaban J connectivity index is 1.23. The average Bonchev–Trinajstić information content (AvgIpc) is 3.05. The zero-order chi connectivity index (χ0) is 31.8. The molecule has 5 rings (SSSR count). The number of esters is 1. The van der Waals surface area contributed by atoms with Crippen molar-refractivity contribution in [3.63, 3.8) is 0 Å². The van der Waals surface area contributed by atoms with E-state index >= 15 is 0 Å². The van der Waals surface area contributed by atoms with Crippen LogP contribution in [0.1, 0.15) is 57.6 Å². The molecule has 0 aliphatic carbocycles. The van der Waals surface area contributed by atoms with Gasteiger partial charge in [0.15, 0.2) is 11.6 Å². The van der Waals surface area contributed by atoms with Crippen molar-refractivity contribution >= 4 is 5.97 Å². The summed E-state index contributed by atoms with van der Waals surface area (Å²) in [6.45, 7) is 8.07. The van der Waals surface area contributed by atoms with Gasteiger partial charge in [-0.15, -0.1) is 0 Å². The number of carbonyl (C=O) groups is 1. The first-order valence-electron chi connectivity index (χ1n) is 15.3. The molecule has 10 nitrogen and oxygen atoms in total. The van der Waals surface area contributed by atoms with Crippen LogP contribution >= 0.6 is 0 Å². The number of hydrogen-bond donors (Lipinski definition) is 0. The van der Waals surface area contributed by atoms with Gasteiger partial charge in [-0.25, -0.2) is 14.6 Å². The molecule has 1 saturated heterocycles. The largest absolute Gasteiger partial charge is 0.489 e. The fraction of sp³-hybridized carbons (Fsp3) is 0.371. The number of likely N-dealkylation sites (tertiary alicyclic amines) is 1. The highest BCUT2D eigenvalue weighted by Gasteiger charge is 2.31. The van der Waals surface area contributed by atoms with Crippen LogP contribution in [0.2, 0.25) is 0 Å². The number of nitrogens with zero attached hydrogens (tertiary/aromatic N) is 6. The molecule has 0 saturated carbocycles. The first-order valence-corrected chi connectivity index (χ1v) is 15.3. The van der Waals surface area contributed by atoms with Gasteiger partial charge in [-0.3, -0.25) is 14.5 Å². The van der Waals surface area contributed by atoms with E-state index in [4.69, 9.17) is 9.47 Å². The number of ether oxygens (including phenoxy) is 2. The van der Waals surface area contributed by atoms with E-state index < -0.39 is 5.60 Å². The number of piperidine rings is 1. The summed E-state index contributed by atoms with van der Waals surface area (Å²) in [6.07, 6.45) is 6.97. The van der Waals surface area contributed by atoms with Gasteiger partial charge < -0.3 is 9.47 Å². The van der Waals surface area contributed by atoms with Gasteiger partial charge in [0.2, 0.25) is 0 Å². The Morgan fingerprint density at radius 2 is 1.82 bits per heavy atom. The predicted molar refractivity (Wildman–Crippen MR) is 170 cm³/mol. The Morgan fingerprint density at radius 1 is 1.04 bits per heavy atom. The maximum absolute atomic E-state index is 12.6. The quantitative estimate of drug-likeness (QED) is 0.211. The van der Waals surface area contributed by atoms with E-state index in [1.54, 1.807) is 43.6 Å². The molecule has 1 fully saturated rings. The van der Waals surface area contributed by atoms with Crippen molar-refractivity contribution in [1.29, 1.82) is 5.26 Å². The molecule has 0 amide bonds. The molecule has 1 unspecified atom stereocenters. The van der Waals surface area contributed by atoms with E-state index in [-0.39, 0.29) is 24.1 Å². The van der Waals surface area contributed by atoms with Crippen LogP contribution < -0.4 is 10.3 Å². The topological polar surface area (TPSA) is 123 Å². The third-order valence-electron chi connectivity index (χ3n) is 7.75. The van der Waals surface area contributed by atoms with Crippen LogP contribution in [0.25, 0.3) is 22.6 Å². The molecule has 232 valence electrons. The minimum absolute atomic E-state index is 0.189. The van der Waals surface area contributed by atoms with Crippen LogP contribution in [0.5, 0.6) is 5.75 Å². The van der Waals surface area contributed by atoms with E-state index in [1.807, 2.05) is 44.2 Å². The smallest absolute Gasteiger partial charge is 0.306 e. The zero-order valence-electron chi connectivity index (χ0n) is 26.0. The fourth-order valence-corrected chi connectivity index (χ4v) is 5.54. The van der Waals surface area contributed by atoms with Crippen LogP contribution in [0.15, 0.2) is 77.9 Å². The lowest BCUT2D eigenvalue weighted by atomic mass is 9.99. The molecule has 1 aliphatic heterocycles. The molecular formula is C35H38N6O4. The third kappa shape index (κ3) is 8.40. The van der Waals surface area contributed by atoms with E-state index in [9.17, 15) is 14.9 Å². The first kappa shape index (κ1) is 31.5. The Bertz CT molecular complexity index is 1730. The van der Waals surface area contributed by atoms with E-state index in [0.717, 1.165) is 42.5 Å². The predicted octanol–water partition coefficient (Wildman–Crippen LogP) is 5.25. The molecule has 2 aromatic heterocycles. The molecule has 0 spiro atoms. The van der Waals surface area contributed by atoms with Crippen LogP contribution in [-0.2, 0) is 16.1 Å². The van der Waals surface area contributed by atoms with Crippen molar-refractivity contribution in [2.24, 2.45) is 0 Å². The number of aromatic nitrogens is 4. The van der Waals surface area contributed by atoms with Crippen LogP contribution in [0.4, 0.5) is 0 Å².